The molecule has 0 bridgehead atoms. The summed E-state index contributed by atoms with van der Waals surface area (Å²) in [6.45, 7) is 3.62. The molecule has 0 heterocycles. The Hall–Kier alpha value is -2.64. The third-order valence-electron chi connectivity index (χ3n) is 3.11. The molecule has 0 spiro atoms. The molecule has 2 aromatic carbocycles. The number of carbonyl (C=O) groups is 1. The van der Waals surface area contributed by atoms with Crippen molar-refractivity contribution in [2.24, 2.45) is 0 Å². The van der Waals surface area contributed by atoms with E-state index in [-0.39, 0.29) is 5.91 Å². The number of anilines is 1. The van der Waals surface area contributed by atoms with E-state index in [0.29, 0.717) is 17.7 Å². The number of nitriles is 1. The van der Waals surface area contributed by atoms with E-state index in [1.807, 2.05) is 37.3 Å². The van der Waals surface area contributed by atoms with E-state index in [1.165, 1.54) is 0 Å². The predicted molar refractivity (Wildman–Crippen MR) is 82.9 cm³/mol. The molecule has 21 heavy (non-hydrogen) atoms. The van der Waals surface area contributed by atoms with Crippen molar-refractivity contribution >= 4 is 11.6 Å². The van der Waals surface area contributed by atoms with E-state index >= 15 is 0 Å². The van der Waals surface area contributed by atoms with Crippen LogP contribution in [0.15, 0.2) is 48.5 Å². The van der Waals surface area contributed by atoms with Crippen LogP contribution in [0.25, 0.3) is 0 Å². The van der Waals surface area contributed by atoms with Crippen molar-refractivity contribution in [2.45, 2.75) is 13.5 Å². The third-order valence-corrected chi connectivity index (χ3v) is 3.11. The number of hydrogen-bond acceptors (Lipinski definition) is 3. The fraction of sp³-hybridized carbons (Fsp3) is 0.176. The van der Waals surface area contributed by atoms with Gasteiger partial charge in [0.1, 0.15) is 0 Å². The molecule has 106 valence electrons. The Labute approximate surface area is 124 Å². The zero-order valence-corrected chi connectivity index (χ0v) is 11.9. The number of nitrogens with one attached hydrogen (secondary N) is 2. The van der Waals surface area contributed by atoms with Gasteiger partial charge in [-0.1, -0.05) is 25.1 Å². The van der Waals surface area contributed by atoms with Crippen molar-refractivity contribution < 1.29 is 4.79 Å². The topological polar surface area (TPSA) is 64.9 Å². The summed E-state index contributed by atoms with van der Waals surface area (Å²) in [6, 6.07) is 16.3. The molecule has 0 aliphatic carbocycles. The lowest BCUT2D eigenvalue weighted by atomic mass is 10.1. The predicted octanol–water partition coefficient (Wildman–Crippen LogP) is 2.92. The van der Waals surface area contributed by atoms with E-state index in [0.717, 1.165) is 17.8 Å². The maximum absolute atomic E-state index is 12.2. The molecule has 4 nitrogen and oxygen atoms in total. The first-order valence-corrected chi connectivity index (χ1v) is 6.84. The summed E-state index contributed by atoms with van der Waals surface area (Å²) in [5.41, 5.74) is 2.92. The first-order chi connectivity index (χ1) is 10.2. The van der Waals surface area contributed by atoms with Crippen molar-refractivity contribution in [2.75, 3.05) is 11.9 Å². The summed E-state index contributed by atoms with van der Waals surface area (Å²) >= 11 is 0. The minimum Gasteiger partial charge on any atom is -0.322 e. The van der Waals surface area contributed by atoms with Gasteiger partial charge in [0.2, 0.25) is 0 Å². The van der Waals surface area contributed by atoms with Gasteiger partial charge in [-0.2, -0.15) is 5.26 Å². The van der Waals surface area contributed by atoms with Gasteiger partial charge in [-0.25, -0.2) is 0 Å². The highest BCUT2D eigenvalue weighted by Crippen LogP contribution is 2.16. The molecule has 0 aliphatic rings. The van der Waals surface area contributed by atoms with Crippen LogP contribution in [0.4, 0.5) is 5.69 Å². The lowest BCUT2D eigenvalue weighted by molar-refractivity contribution is 0.102. The second kappa shape index (κ2) is 7.22. The van der Waals surface area contributed by atoms with Crippen molar-refractivity contribution in [1.29, 1.82) is 5.26 Å². The molecule has 0 unspecified atom stereocenters. The highest BCUT2D eigenvalue weighted by atomic mass is 16.1. The lowest BCUT2D eigenvalue weighted by Gasteiger charge is -2.11. The third kappa shape index (κ3) is 3.91. The van der Waals surface area contributed by atoms with Gasteiger partial charge in [0.15, 0.2) is 0 Å². The summed E-state index contributed by atoms with van der Waals surface area (Å²) in [5.74, 6) is -0.177. The van der Waals surface area contributed by atoms with Crippen LogP contribution in [0.5, 0.6) is 0 Å². The van der Waals surface area contributed by atoms with E-state index in [4.69, 9.17) is 5.26 Å². The van der Waals surface area contributed by atoms with Gasteiger partial charge in [-0.3, -0.25) is 4.79 Å². The molecule has 0 fully saturated rings. The standard InChI is InChI=1S/C17H17N3O/c1-2-19-12-15-5-3-4-6-16(15)20-17(21)14-9-7-13(11-18)8-10-14/h3-10,19H,2,12H2,1H3,(H,20,21). The molecule has 2 aromatic rings. The van der Waals surface area contributed by atoms with Gasteiger partial charge in [0, 0.05) is 17.8 Å². The van der Waals surface area contributed by atoms with Gasteiger partial charge in [-0.15, -0.1) is 0 Å². The minimum atomic E-state index is -0.177. The normalized spacial score (nSPS) is 9.90. The van der Waals surface area contributed by atoms with Crippen LogP contribution in [0.3, 0.4) is 0 Å². The quantitative estimate of drug-likeness (QED) is 0.884. The molecule has 4 heteroatoms. The number of nitrogens with zero attached hydrogens (tertiary/aromatic N) is 1. The summed E-state index contributed by atoms with van der Waals surface area (Å²) in [4.78, 5) is 12.2. The number of amides is 1. The van der Waals surface area contributed by atoms with Crippen LogP contribution < -0.4 is 10.6 Å². The summed E-state index contributed by atoms with van der Waals surface area (Å²) in [6.07, 6.45) is 0. The average molecular weight is 279 g/mol. The minimum absolute atomic E-state index is 0.177. The molecule has 0 aliphatic heterocycles. The lowest BCUT2D eigenvalue weighted by Crippen LogP contribution is -2.17. The molecule has 2 N–H and O–H groups in total. The Morgan fingerprint density at radius 1 is 1.14 bits per heavy atom. The number of para-hydroxylation sites is 1. The molecular formula is C17H17N3O. The number of benzene rings is 2. The van der Waals surface area contributed by atoms with E-state index in [1.54, 1.807) is 24.3 Å². The molecule has 0 saturated carbocycles. The van der Waals surface area contributed by atoms with Crippen LogP contribution in [0, 0.1) is 11.3 Å². The van der Waals surface area contributed by atoms with E-state index < -0.39 is 0 Å². The van der Waals surface area contributed by atoms with Crippen molar-refractivity contribution in [1.82, 2.24) is 5.32 Å². The largest absolute Gasteiger partial charge is 0.322 e. The number of hydrogen-bond donors (Lipinski definition) is 2. The smallest absolute Gasteiger partial charge is 0.255 e. The fourth-order valence-corrected chi connectivity index (χ4v) is 1.95. The maximum atomic E-state index is 12.2. The van der Waals surface area contributed by atoms with Gasteiger partial charge >= 0.3 is 0 Å². The maximum Gasteiger partial charge on any atom is 0.255 e. The first kappa shape index (κ1) is 14.8. The summed E-state index contributed by atoms with van der Waals surface area (Å²) < 4.78 is 0. The Bertz CT molecular complexity index is 656. The first-order valence-electron chi connectivity index (χ1n) is 6.84. The van der Waals surface area contributed by atoms with Crippen LogP contribution in [-0.2, 0) is 6.54 Å². The van der Waals surface area contributed by atoms with Gasteiger partial charge in [0.25, 0.3) is 5.91 Å². The molecule has 0 saturated heterocycles. The molecule has 2 rings (SSSR count). The van der Waals surface area contributed by atoms with Crippen LogP contribution >= 0.6 is 0 Å². The van der Waals surface area contributed by atoms with Gasteiger partial charge < -0.3 is 10.6 Å². The zero-order chi connectivity index (χ0) is 15.1. The SMILES string of the molecule is CCNCc1ccccc1NC(=O)c1ccc(C#N)cc1. The van der Waals surface area contributed by atoms with Gasteiger partial charge in [-0.05, 0) is 42.4 Å². The Morgan fingerprint density at radius 3 is 2.52 bits per heavy atom. The Balaban J connectivity index is 2.13. The van der Waals surface area contributed by atoms with Gasteiger partial charge in [0.05, 0.1) is 11.6 Å². The van der Waals surface area contributed by atoms with Crippen LogP contribution in [0.1, 0.15) is 28.4 Å². The summed E-state index contributed by atoms with van der Waals surface area (Å²) in [7, 11) is 0. The fourth-order valence-electron chi connectivity index (χ4n) is 1.95. The number of carbonyl (C=O) groups excluding carboxylic acids is 1. The summed E-state index contributed by atoms with van der Waals surface area (Å²) in [5, 5.41) is 14.9. The number of rotatable bonds is 5. The van der Waals surface area contributed by atoms with Crippen molar-refractivity contribution in [3.05, 3.63) is 65.2 Å². The highest BCUT2D eigenvalue weighted by Gasteiger charge is 2.08. The van der Waals surface area contributed by atoms with Crippen LogP contribution in [-0.4, -0.2) is 12.5 Å². The Morgan fingerprint density at radius 2 is 1.86 bits per heavy atom. The zero-order valence-electron chi connectivity index (χ0n) is 11.9. The van der Waals surface area contributed by atoms with Crippen molar-refractivity contribution in [3.8, 4) is 6.07 Å². The van der Waals surface area contributed by atoms with Crippen LogP contribution in [0.2, 0.25) is 0 Å². The highest BCUT2D eigenvalue weighted by molar-refractivity contribution is 6.04. The average Bonchev–Trinajstić information content (AvgIpc) is 2.54. The second-order valence-electron chi connectivity index (χ2n) is 4.58. The second-order valence-corrected chi connectivity index (χ2v) is 4.58. The molecule has 0 aromatic heterocycles. The molecule has 0 atom stereocenters. The monoisotopic (exact) mass is 279 g/mol. The Kier molecular flexibility index (Phi) is 5.08. The molecule has 0 radical (unpaired) electrons. The van der Waals surface area contributed by atoms with Crippen molar-refractivity contribution in [3.63, 3.8) is 0 Å². The van der Waals surface area contributed by atoms with E-state index in [2.05, 4.69) is 10.6 Å². The van der Waals surface area contributed by atoms with E-state index in [9.17, 15) is 4.79 Å². The molecule has 1 amide bonds. The molecular weight excluding hydrogens is 262 g/mol.